The van der Waals surface area contributed by atoms with Crippen LogP contribution >= 0.6 is 34.8 Å². The highest BCUT2D eigenvalue weighted by atomic mass is 35.6. The molecule has 0 unspecified atom stereocenters. The van der Waals surface area contributed by atoms with Crippen LogP contribution in [0.1, 0.15) is 0 Å². The van der Waals surface area contributed by atoms with Crippen LogP contribution in [0.4, 0.5) is 0 Å². The number of aliphatic hydroxyl groups excluding tert-OH is 1. The first-order valence-electron chi connectivity index (χ1n) is 3.03. The van der Waals surface area contributed by atoms with Gasteiger partial charge in [-0.25, -0.2) is 0 Å². The summed E-state index contributed by atoms with van der Waals surface area (Å²) in [6, 6.07) is 0. The van der Waals surface area contributed by atoms with E-state index in [0.29, 0.717) is 0 Å². The van der Waals surface area contributed by atoms with Crippen LogP contribution in [0.15, 0.2) is 12.2 Å². The Kier molecular flexibility index (Phi) is 5.66. The number of hydrogen-bond donors (Lipinski definition) is 2. The molecule has 12 heavy (non-hydrogen) atoms. The van der Waals surface area contributed by atoms with Crippen molar-refractivity contribution in [3.8, 4) is 0 Å². The van der Waals surface area contributed by atoms with Crippen molar-refractivity contribution in [2.75, 3.05) is 13.2 Å². The van der Waals surface area contributed by atoms with Crippen molar-refractivity contribution in [3.05, 3.63) is 12.2 Å². The van der Waals surface area contributed by atoms with E-state index in [1.807, 2.05) is 0 Å². The van der Waals surface area contributed by atoms with Crippen LogP contribution in [0, 0.1) is 5.41 Å². The van der Waals surface area contributed by atoms with Gasteiger partial charge < -0.3 is 9.84 Å². The third-order valence-corrected chi connectivity index (χ3v) is 1.37. The maximum absolute atomic E-state index is 8.32. The summed E-state index contributed by atoms with van der Waals surface area (Å²) in [6.07, 6.45) is 2.98. The number of ether oxygens (including phenoxy) is 1. The molecule has 0 aliphatic carbocycles. The van der Waals surface area contributed by atoms with Crippen LogP contribution in [0.3, 0.4) is 0 Å². The van der Waals surface area contributed by atoms with E-state index in [1.54, 1.807) is 0 Å². The molecule has 3 nitrogen and oxygen atoms in total. The summed E-state index contributed by atoms with van der Waals surface area (Å²) in [4.78, 5) is 0. The van der Waals surface area contributed by atoms with Crippen molar-refractivity contribution in [2.24, 2.45) is 0 Å². The molecule has 0 saturated carbocycles. The Bertz CT molecular complexity index is 176. The Labute approximate surface area is 85.4 Å². The van der Waals surface area contributed by atoms with Crippen molar-refractivity contribution in [1.82, 2.24) is 0 Å². The second-order valence-electron chi connectivity index (χ2n) is 1.79. The largest absolute Gasteiger partial charge is 0.474 e. The van der Waals surface area contributed by atoms with E-state index < -0.39 is 9.69 Å². The van der Waals surface area contributed by atoms with E-state index in [0.717, 1.165) is 0 Å². The van der Waals surface area contributed by atoms with Gasteiger partial charge in [0.2, 0.25) is 5.90 Å². The van der Waals surface area contributed by atoms with E-state index in [4.69, 9.17) is 50.1 Å². The fourth-order valence-electron chi connectivity index (χ4n) is 0.356. The zero-order valence-electron chi connectivity index (χ0n) is 6.06. The molecule has 0 radical (unpaired) electrons. The van der Waals surface area contributed by atoms with Crippen LogP contribution in [-0.2, 0) is 4.74 Å². The highest BCUT2D eigenvalue weighted by Gasteiger charge is 2.28. The Morgan fingerprint density at radius 2 is 2.00 bits per heavy atom. The molecule has 0 aliphatic heterocycles. The molecule has 0 aromatic carbocycles. The van der Waals surface area contributed by atoms with Crippen LogP contribution in [0.5, 0.6) is 0 Å². The van der Waals surface area contributed by atoms with E-state index in [1.165, 1.54) is 12.2 Å². The average Bonchev–Trinajstić information content (AvgIpc) is 1.96. The van der Waals surface area contributed by atoms with Crippen LogP contribution in [0.25, 0.3) is 0 Å². The molecule has 70 valence electrons. The molecule has 6 heteroatoms. The highest BCUT2D eigenvalue weighted by Crippen LogP contribution is 2.27. The van der Waals surface area contributed by atoms with E-state index in [2.05, 4.69) is 0 Å². The number of alkyl halides is 3. The molecule has 0 rings (SSSR count). The average molecular weight is 232 g/mol. The van der Waals surface area contributed by atoms with Crippen molar-refractivity contribution < 1.29 is 9.84 Å². The fraction of sp³-hybridized carbons (Fsp3) is 0.500. The van der Waals surface area contributed by atoms with Gasteiger partial charge in [0, 0.05) is 0 Å². The first kappa shape index (κ1) is 12.0. The smallest absolute Gasteiger partial charge is 0.265 e. The molecule has 0 fully saturated rings. The quantitative estimate of drug-likeness (QED) is 0.338. The Balaban J connectivity index is 3.66. The standard InChI is InChI=1S/C6H8Cl3NO2/c7-6(8,9)5(10)12-4-2-1-3-11/h1-2,10-11H,3-4H2. The predicted octanol–water partition coefficient (Wildman–Crippen LogP) is 1.90. The summed E-state index contributed by atoms with van der Waals surface area (Å²) in [5.41, 5.74) is 0. The highest BCUT2D eigenvalue weighted by molar-refractivity contribution is 6.76. The molecule has 0 heterocycles. The lowest BCUT2D eigenvalue weighted by Crippen LogP contribution is -2.21. The van der Waals surface area contributed by atoms with Gasteiger partial charge in [-0.05, 0) is 6.08 Å². The topological polar surface area (TPSA) is 53.3 Å². The van der Waals surface area contributed by atoms with Gasteiger partial charge in [-0.1, -0.05) is 40.9 Å². The van der Waals surface area contributed by atoms with Crippen molar-refractivity contribution in [2.45, 2.75) is 3.79 Å². The monoisotopic (exact) mass is 231 g/mol. The normalized spacial score (nSPS) is 12.0. The molecule has 0 spiro atoms. The van der Waals surface area contributed by atoms with Gasteiger partial charge in [0.15, 0.2) is 0 Å². The summed E-state index contributed by atoms with van der Waals surface area (Å²) in [5, 5.41) is 15.4. The number of hydrogen-bond acceptors (Lipinski definition) is 3. The van der Waals surface area contributed by atoms with Crippen molar-refractivity contribution in [3.63, 3.8) is 0 Å². The van der Waals surface area contributed by atoms with Crippen LogP contribution < -0.4 is 0 Å². The zero-order chi connectivity index (χ0) is 9.61. The van der Waals surface area contributed by atoms with Gasteiger partial charge in [-0.3, -0.25) is 5.41 Å². The Morgan fingerprint density at radius 1 is 1.42 bits per heavy atom. The maximum atomic E-state index is 8.32. The maximum Gasteiger partial charge on any atom is 0.265 e. The molecule has 0 aromatic heterocycles. The molecule has 0 aliphatic rings. The van der Waals surface area contributed by atoms with E-state index >= 15 is 0 Å². The first-order chi connectivity index (χ1) is 5.48. The predicted molar refractivity (Wildman–Crippen MR) is 50.2 cm³/mol. The lowest BCUT2D eigenvalue weighted by molar-refractivity contribution is 0.328. The second kappa shape index (κ2) is 5.65. The minimum absolute atomic E-state index is 0.0789. The zero-order valence-corrected chi connectivity index (χ0v) is 8.33. The summed E-state index contributed by atoms with van der Waals surface area (Å²) in [7, 11) is 0. The minimum atomic E-state index is -1.81. The third-order valence-electron chi connectivity index (χ3n) is 0.853. The van der Waals surface area contributed by atoms with Gasteiger partial charge in [0.1, 0.15) is 6.61 Å². The number of rotatable bonds is 3. The van der Waals surface area contributed by atoms with Crippen LogP contribution in [0.2, 0.25) is 0 Å². The van der Waals surface area contributed by atoms with Gasteiger partial charge in [0.05, 0.1) is 6.61 Å². The second-order valence-corrected chi connectivity index (χ2v) is 4.07. The summed E-state index contributed by atoms with van der Waals surface area (Å²) < 4.78 is 2.89. The fourth-order valence-corrected chi connectivity index (χ4v) is 0.520. The minimum Gasteiger partial charge on any atom is -0.474 e. The molecule has 0 bridgehead atoms. The SMILES string of the molecule is N=C(OCC=CCO)C(Cl)(Cl)Cl. The third kappa shape index (κ3) is 5.66. The van der Waals surface area contributed by atoms with E-state index in [-0.39, 0.29) is 13.2 Å². The van der Waals surface area contributed by atoms with E-state index in [9.17, 15) is 0 Å². The molecule has 2 N–H and O–H groups in total. The molecular weight excluding hydrogens is 224 g/mol. The summed E-state index contributed by atoms with van der Waals surface area (Å²) >= 11 is 15.9. The number of aliphatic hydroxyl groups is 1. The summed E-state index contributed by atoms with van der Waals surface area (Å²) in [5.74, 6) is -0.435. The van der Waals surface area contributed by atoms with Gasteiger partial charge in [-0.15, -0.1) is 0 Å². The Morgan fingerprint density at radius 3 is 2.42 bits per heavy atom. The number of nitrogens with one attached hydrogen (secondary N) is 1. The molecule has 0 amide bonds. The van der Waals surface area contributed by atoms with Gasteiger partial charge in [0.25, 0.3) is 3.79 Å². The van der Waals surface area contributed by atoms with Gasteiger partial charge in [-0.2, -0.15) is 0 Å². The number of halogens is 3. The lowest BCUT2D eigenvalue weighted by atomic mass is 10.5. The molecule has 0 aromatic rings. The van der Waals surface area contributed by atoms with Crippen molar-refractivity contribution >= 4 is 40.7 Å². The Hall–Kier alpha value is 0.0400. The molecule has 0 atom stereocenters. The van der Waals surface area contributed by atoms with Crippen molar-refractivity contribution in [1.29, 1.82) is 5.41 Å². The molecular formula is C6H8Cl3NO2. The molecule has 0 saturated heterocycles. The first-order valence-corrected chi connectivity index (χ1v) is 4.16. The van der Waals surface area contributed by atoms with Crippen LogP contribution in [-0.4, -0.2) is 28.0 Å². The lowest BCUT2D eigenvalue weighted by Gasteiger charge is -2.11. The van der Waals surface area contributed by atoms with Gasteiger partial charge >= 0.3 is 0 Å². The summed E-state index contributed by atoms with van der Waals surface area (Å²) in [6.45, 7) is 0.0256.